The van der Waals surface area contributed by atoms with E-state index in [9.17, 15) is 22.7 Å². The van der Waals surface area contributed by atoms with Gasteiger partial charge in [0, 0.05) is 24.2 Å². The van der Waals surface area contributed by atoms with Crippen molar-refractivity contribution in [3.8, 4) is 5.75 Å². The van der Waals surface area contributed by atoms with Gasteiger partial charge in [0.25, 0.3) is 15.9 Å². The maximum atomic E-state index is 13.0. The number of aromatic hydroxyl groups is 1. The molecule has 0 fully saturated rings. The Morgan fingerprint density at radius 3 is 2.52 bits per heavy atom. The van der Waals surface area contributed by atoms with Crippen LogP contribution in [0.25, 0.3) is 0 Å². The van der Waals surface area contributed by atoms with Gasteiger partial charge in [-0.2, -0.15) is 0 Å². The minimum Gasteiger partial charge on any atom is -0.508 e. The average molecular weight is 406 g/mol. The first kappa shape index (κ1) is 18.9. The molecule has 3 rings (SSSR count). The highest BCUT2D eigenvalue weighted by atomic mass is 32.2. The van der Waals surface area contributed by atoms with Crippen LogP contribution in [0.2, 0.25) is 0 Å². The zero-order valence-corrected chi connectivity index (χ0v) is 15.7. The van der Waals surface area contributed by atoms with Crippen LogP contribution in [0.3, 0.4) is 0 Å². The van der Waals surface area contributed by atoms with E-state index in [2.05, 4.69) is 5.32 Å². The number of carbonyl (C=O) groups is 1. The van der Waals surface area contributed by atoms with E-state index in [1.807, 2.05) is 0 Å². The molecule has 9 heteroatoms. The molecule has 0 atom stereocenters. The van der Waals surface area contributed by atoms with Crippen LogP contribution in [-0.2, 0) is 10.0 Å². The number of amides is 1. The lowest BCUT2D eigenvalue weighted by atomic mass is 10.3. The number of thiophene rings is 1. The van der Waals surface area contributed by atoms with Crippen LogP contribution in [0.5, 0.6) is 5.75 Å². The van der Waals surface area contributed by atoms with Gasteiger partial charge in [-0.25, -0.2) is 12.8 Å². The number of hydrogen-bond donors (Lipinski definition) is 2. The molecule has 0 aliphatic heterocycles. The van der Waals surface area contributed by atoms with E-state index in [-0.39, 0.29) is 15.5 Å². The smallest absolute Gasteiger partial charge is 0.265 e. The summed E-state index contributed by atoms with van der Waals surface area (Å²) in [6.45, 7) is 0. The van der Waals surface area contributed by atoms with Gasteiger partial charge in [-0.3, -0.25) is 9.10 Å². The van der Waals surface area contributed by atoms with E-state index in [0.717, 1.165) is 15.6 Å². The standard InChI is InChI=1S/C18H15FN2O4S2/c1-21(14-7-5-12(19)6-8-14)27(24,25)16-10-17(26-11-16)18(23)20-13-3-2-4-15(22)9-13/h2-11,22H,1H3,(H,20,23). The topological polar surface area (TPSA) is 86.7 Å². The lowest BCUT2D eigenvalue weighted by Crippen LogP contribution is -2.26. The molecule has 0 unspecified atom stereocenters. The SMILES string of the molecule is CN(c1ccc(F)cc1)S(=O)(=O)c1csc(C(=O)Nc2cccc(O)c2)c1. The maximum Gasteiger partial charge on any atom is 0.265 e. The van der Waals surface area contributed by atoms with Crippen molar-refractivity contribution in [2.24, 2.45) is 0 Å². The summed E-state index contributed by atoms with van der Waals surface area (Å²) in [4.78, 5) is 12.5. The predicted molar refractivity (Wildman–Crippen MR) is 102 cm³/mol. The van der Waals surface area contributed by atoms with Crippen LogP contribution in [0.1, 0.15) is 9.67 Å². The van der Waals surface area contributed by atoms with Gasteiger partial charge in [0.05, 0.1) is 15.5 Å². The van der Waals surface area contributed by atoms with Gasteiger partial charge in [0.15, 0.2) is 0 Å². The van der Waals surface area contributed by atoms with E-state index < -0.39 is 21.7 Å². The summed E-state index contributed by atoms with van der Waals surface area (Å²) in [6.07, 6.45) is 0. The lowest BCUT2D eigenvalue weighted by Gasteiger charge is -2.18. The molecule has 2 aromatic carbocycles. The molecule has 2 N–H and O–H groups in total. The van der Waals surface area contributed by atoms with Gasteiger partial charge in [-0.1, -0.05) is 6.07 Å². The number of phenolic OH excluding ortho intramolecular Hbond substituents is 1. The van der Waals surface area contributed by atoms with Crippen molar-refractivity contribution in [3.05, 3.63) is 70.7 Å². The number of phenols is 1. The molecular formula is C18H15FN2O4S2. The second-order valence-corrected chi connectivity index (χ2v) is 8.48. The number of nitrogens with zero attached hydrogens (tertiary/aromatic N) is 1. The highest BCUT2D eigenvalue weighted by Crippen LogP contribution is 2.27. The summed E-state index contributed by atoms with van der Waals surface area (Å²) in [6, 6.07) is 12.4. The molecule has 140 valence electrons. The Hall–Kier alpha value is -2.91. The number of benzene rings is 2. The molecule has 0 spiro atoms. The van der Waals surface area contributed by atoms with Gasteiger partial charge in [-0.15, -0.1) is 11.3 Å². The van der Waals surface area contributed by atoms with Crippen LogP contribution < -0.4 is 9.62 Å². The summed E-state index contributed by atoms with van der Waals surface area (Å²) in [5, 5.41) is 13.4. The van der Waals surface area contributed by atoms with Crippen molar-refractivity contribution in [2.45, 2.75) is 4.90 Å². The van der Waals surface area contributed by atoms with Crippen LogP contribution in [-0.4, -0.2) is 26.5 Å². The van der Waals surface area contributed by atoms with E-state index in [0.29, 0.717) is 11.4 Å². The van der Waals surface area contributed by atoms with Gasteiger partial charge in [0.1, 0.15) is 11.6 Å². The molecule has 0 aliphatic rings. The number of nitrogens with one attached hydrogen (secondary N) is 1. The van der Waals surface area contributed by atoms with Crippen LogP contribution >= 0.6 is 11.3 Å². The molecular weight excluding hydrogens is 391 g/mol. The van der Waals surface area contributed by atoms with Crippen molar-refractivity contribution < 1.29 is 22.7 Å². The third-order valence-corrected chi connectivity index (χ3v) is 6.59. The normalized spacial score (nSPS) is 11.2. The highest BCUT2D eigenvalue weighted by Gasteiger charge is 2.24. The Labute approximate surface area is 159 Å². The first-order valence-electron chi connectivity index (χ1n) is 7.71. The van der Waals surface area contributed by atoms with E-state index in [1.54, 1.807) is 12.1 Å². The Morgan fingerprint density at radius 1 is 1.15 bits per heavy atom. The molecule has 3 aromatic rings. The number of rotatable bonds is 5. The fraction of sp³-hybridized carbons (Fsp3) is 0.0556. The number of anilines is 2. The predicted octanol–water partition coefficient (Wildman–Crippen LogP) is 3.67. The summed E-state index contributed by atoms with van der Waals surface area (Å²) in [7, 11) is -2.54. The molecule has 0 aliphatic carbocycles. The minimum absolute atomic E-state index is 0.00293. The van der Waals surface area contributed by atoms with Crippen molar-refractivity contribution in [2.75, 3.05) is 16.7 Å². The maximum absolute atomic E-state index is 13.0. The number of carbonyl (C=O) groups excluding carboxylic acids is 1. The van der Waals surface area contributed by atoms with Gasteiger partial charge >= 0.3 is 0 Å². The molecule has 1 heterocycles. The monoisotopic (exact) mass is 406 g/mol. The van der Waals surface area contributed by atoms with Crippen LogP contribution in [0.4, 0.5) is 15.8 Å². The zero-order valence-electron chi connectivity index (χ0n) is 14.1. The highest BCUT2D eigenvalue weighted by molar-refractivity contribution is 7.93. The van der Waals surface area contributed by atoms with Crippen molar-refractivity contribution in [1.29, 1.82) is 0 Å². The van der Waals surface area contributed by atoms with Crippen molar-refractivity contribution in [1.82, 2.24) is 0 Å². The largest absolute Gasteiger partial charge is 0.508 e. The summed E-state index contributed by atoms with van der Waals surface area (Å²) >= 11 is 0.983. The van der Waals surface area contributed by atoms with Crippen molar-refractivity contribution in [3.63, 3.8) is 0 Å². The average Bonchev–Trinajstić information content (AvgIpc) is 3.13. The second-order valence-electron chi connectivity index (χ2n) is 5.60. The molecule has 0 bridgehead atoms. The minimum atomic E-state index is -3.90. The Morgan fingerprint density at radius 2 is 1.85 bits per heavy atom. The lowest BCUT2D eigenvalue weighted by molar-refractivity contribution is 0.103. The van der Waals surface area contributed by atoms with Crippen molar-refractivity contribution >= 4 is 38.6 Å². The van der Waals surface area contributed by atoms with Gasteiger partial charge in [-0.05, 0) is 42.5 Å². The fourth-order valence-corrected chi connectivity index (χ4v) is 4.65. The first-order valence-corrected chi connectivity index (χ1v) is 10.0. The number of sulfonamides is 1. The fourth-order valence-electron chi connectivity index (χ4n) is 2.30. The van der Waals surface area contributed by atoms with Crippen LogP contribution in [0, 0.1) is 5.82 Å². The third-order valence-electron chi connectivity index (χ3n) is 3.75. The zero-order chi connectivity index (χ0) is 19.6. The van der Waals surface area contributed by atoms with Gasteiger partial charge < -0.3 is 10.4 Å². The number of halogens is 1. The molecule has 1 aromatic heterocycles. The van der Waals surface area contributed by atoms with Crippen LogP contribution in [0.15, 0.2) is 64.9 Å². The Kier molecular flexibility index (Phi) is 5.15. The quantitative estimate of drug-likeness (QED) is 0.677. The van der Waals surface area contributed by atoms with E-state index in [4.69, 9.17) is 0 Å². The molecule has 0 saturated heterocycles. The molecule has 1 amide bonds. The van der Waals surface area contributed by atoms with E-state index >= 15 is 0 Å². The van der Waals surface area contributed by atoms with Gasteiger partial charge in [0.2, 0.25) is 0 Å². The first-order chi connectivity index (χ1) is 12.8. The summed E-state index contributed by atoms with van der Waals surface area (Å²) in [5.74, 6) is -0.953. The Balaban J connectivity index is 1.81. The molecule has 0 radical (unpaired) electrons. The number of hydrogen-bond acceptors (Lipinski definition) is 5. The molecule has 6 nitrogen and oxygen atoms in total. The Bertz CT molecular complexity index is 1080. The molecule has 27 heavy (non-hydrogen) atoms. The summed E-state index contributed by atoms with van der Waals surface area (Å²) < 4.78 is 39.5. The molecule has 0 saturated carbocycles. The second kappa shape index (κ2) is 7.37. The summed E-state index contributed by atoms with van der Waals surface area (Å²) in [5.41, 5.74) is 0.689. The third kappa shape index (κ3) is 4.09. The van der Waals surface area contributed by atoms with E-state index in [1.165, 1.54) is 54.9 Å².